The topological polar surface area (TPSA) is 72.7 Å². The molecule has 25 heavy (non-hydrogen) atoms. The van der Waals surface area contributed by atoms with Gasteiger partial charge in [0, 0.05) is 28.9 Å². The van der Waals surface area contributed by atoms with Gasteiger partial charge in [0.1, 0.15) is 11.3 Å². The molecule has 1 aromatic carbocycles. The summed E-state index contributed by atoms with van der Waals surface area (Å²) in [5.41, 5.74) is 1.64. The number of rotatable bonds is 4. The minimum absolute atomic E-state index is 0.0693. The minimum atomic E-state index is -0.421. The number of nitrogens with one attached hydrogen (secondary N) is 1. The highest BCUT2D eigenvalue weighted by atomic mass is 32.1. The third-order valence-corrected chi connectivity index (χ3v) is 5.59. The van der Waals surface area contributed by atoms with Crippen molar-refractivity contribution in [3.8, 4) is 5.75 Å². The van der Waals surface area contributed by atoms with Gasteiger partial charge in [-0.2, -0.15) is 0 Å². The summed E-state index contributed by atoms with van der Waals surface area (Å²) in [6.07, 6.45) is 4.27. The van der Waals surface area contributed by atoms with E-state index in [1.54, 1.807) is 11.5 Å². The number of nitrogens with zero attached hydrogens (tertiary/aromatic N) is 2. The Hall–Kier alpha value is -2.67. The maximum atomic E-state index is 12.8. The molecule has 1 aliphatic rings. The summed E-state index contributed by atoms with van der Waals surface area (Å²) in [5, 5.41) is 2.79. The fraction of sp³-hybridized carbons (Fsp3) is 0.278. The number of methoxy groups -OCH3 is 1. The van der Waals surface area contributed by atoms with E-state index in [-0.39, 0.29) is 17.7 Å². The Morgan fingerprint density at radius 3 is 3.04 bits per heavy atom. The predicted octanol–water partition coefficient (Wildman–Crippen LogP) is 2.18. The van der Waals surface area contributed by atoms with Crippen LogP contribution in [0, 0.1) is 0 Å². The van der Waals surface area contributed by atoms with Gasteiger partial charge in [-0.3, -0.25) is 14.0 Å². The first kappa shape index (κ1) is 15.8. The number of carbonyl (C=O) groups is 1. The molecule has 0 bridgehead atoms. The maximum Gasteiger partial charge on any atom is 0.271 e. The van der Waals surface area contributed by atoms with Crippen LogP contribution in [-0.4, -0.2) is 22.4 Å². The van der Waals surface area contributed by atoms with Crippen LogP contribution in [0.2, 0.25) is 0 Å². The van der Waals surface area contributed by atoms with E-state index >= 15 is 0 Å². The van der Waals surface area contributed by atoms with E-state index in [4.69, 9.17) is 4.74 Å². The van der Waals surface area contributed by atoms with E-state index in [0.29, 0.717) is 10.7 Å². The molecule has 1 amide bonds. The Kier molecular flexibility index (Phi) is 4.01. The second-order valence-corrected chi connectivity index (χ2v) is 6.98. The smallest absolute Gasteiger partial charge is 0.271 e. The van der Waals surface area contributed by atoms with Gasteiger partial charge in [-0.15, -0.1) is 11.3 Å². The van der Waals surface area contributed by atoms with Crippen molar-refractivity contribution in [1.29, 1.82) is 0 Å². The molecule has 0 spiro atoms. The van der Waals surface area contributed by atoms with E-state index in [9.17, 15) is 9.59 Å². The molecule has 0 saturated carbocycles. The maximum absolute atomic E-state index is 12.8. The summed E-state index contributed by atoms with van der Waals surface area (Å²) in [6.45, 7) is 0.284. The first-order chi connectivity index (χ1) is 12.2. The highest BCUT2D eigenvalue weighted by Gasteiger charge is 2.22. The number of para-hydroxylation sites is 1. The summed E-state index contributed by atoms with van der Waals surface area (Å²) in [5.74, 6) is 0.277. The molecule has 6 nitrogen and oxygen atoms in total. The standard InChI is InChI=1S/C18H17N3O3S/c1-24-14-7-3-2-5-11(14)9-19-16(22)12-10-20-18-21(17(12)23)13-6-4-8-15(13)25-18/h2-3,5,7,10H,4,6,8-9H2,1H3,(H,19,22). The van der Waals surface area contributed by atoms with E-state index in [2.05, 4.69) is 10.3 Å². The summed E-state index contributed by atoms with van der Waals surface area (Å²) in [6, 6.07) is 7.45. The first-order valence-electron chi connectivity index (χ1n) is 8.11. The van der Waals surface area contributed by atoms with Crippen molar-refractivity contribution in [2.45, 2.75) is 25.8 Å². The average Bonchev–Trinajstić information content (AvgIpc) is 3.21. The lowest BCUT2D eigenvalue weighted by Crippen LogP contribution is -2.31. The van der Waals surface area contributed by atoms with Crippen LogP contribution >= 0.6 is 11.3 Å². The highest BCUT2D eigenvalue weighted by molar-refractivity contribution is 7.17. The normalized spacial score (nSPS) is 13.0. The van der Waals surface area contributed by atoms with Gasteiger partial charge in [-0.1, -0.05) is 18.2 Å². The van der Waals surface area contributed by atoms with Gasteiger partial charge >= 0.3 is 0 Å². The van der Waals surface area contributed by atoms with Crippen LogP contribution in [0.1, 0.15) is 32.9 Å². The lowest BCUT2D eigenvalue weighted by atomic mass is 10.2. The SMILES string of the molecule is COc1ccccc1CNC(=O)c1cnc2sc3c(n2c1=O)CCC3. The molecule has 2 heterocycles. The fourth-order valence-electron chi connectivity index (χ4n) is 3.18. The Morgan fingerprint density at radius 2 is 2.20 bits per heavy atom. The molecular formula is C18H17N3O3S. The molecule has 0 atom stereocenters. The van der Waals surface area contributed by atoms with Crippen LogP contribution < -0.4 is 15.6 Å². The number of amides is 1. The van der Waals surface area contributed by atoms with Gasteiger partial charge in [-0.25, -0.2) is 4.98 Å². The van der Waals surface area contributed by atoms with Crippen LogP contribution in [0.5, 0.6) is 5.75 Å². The van der Waals surface area contributed by atoms with Crippen LogP contribution in [0.25, 0.3) is 4.96 Å². The van der Waals surface area contributed by atoms with Crippen LogP contribution in [0.4, 0.5) is 0 Å². The van der Waals surface area contributed by atoms with E-state index in [1.807, 2.05) is 24.3 Å². The molecule has 3 aromatic rings. The van der Waals surface area contributed by atoms with Crippen LogP contribution in [0.15, 0.2) is 35.3 Å². The summed E-state index contributed by atoms with van der Waals surface area (Å²) >= 11 is 1.54. The molecule has 0 fully saturated rings. The monoisotopic (exact) mass is 355 g/mol. The first-order valence-corrected chi connectivity index (χ1v) is 8.93. The van der Waals surface area contributed by atoms with E-state index in [0.717, 1.165) is 30.5 Å². The number of fused-ring (bicyclic) bond motifs is 3. The van der Waals surface area contributed by atoms with Crippen molar-refractivity contribution in [1.82, 2.24) is 14.7 Å². The molecule has 0 radical (unpaired) electrons. The van der Waals surface area contributed by atoms with Crippen molar-refractivity contribution in [3.63, 3.8) is 0 Å². The van der Waals surface area contributed by atoms with Crippen LogP contribution in [0.3, 0.4) is 0 Å². The van der Waals surface area contributed by atoms with Gasteiger partial charge in [0.2, 0.25) is 0 Å². The lowest BCUT2D eigenvalue weighted by molar-refractivity contribution is 0.0948. The second-order valence-electron chi connectivity index (χ2n) is 5.92. The predicted molar refractivity (Wildman–Crippen MR) is 95.5 cm³/mol. The number of hydrogen-bond acceptors (Lipinski definition) is 5. The molecular weight excluding hydrogens is 338 g/mol. The van der Waals surface area contributed by atoms with Crippen LogP contribution in [-0.2, 0) is 19.4 Å². The van der Waals surface area contributed by atoms with Crippen molar-refractivity contribution >= 4 is 22.2 Å². The van der Waals surface area contributed by atoms with Crippen molar-refractivity contribution < 1.29 is 9.53 Å². The zero-order chi connectivity index (χ0) is 17.4. The third kappa shape index (κ3) is 2.70. The summed E-state index contributed by atoms with van der Waals surface area (Å²) < 4.78 is 6.88. The largest absolute Gasteiger partial charge is 0.496 e. The number of aromatic nitrogens is 2. The molecule has 4 rings (SSSR count). The number of aryl methyl sites for hydroxylation is 2. The Bertz CT molecular complexity index is 1020. The molecule has 128 valence electrons. The number of ether oxygens (including phenoxy) is 1. The quantitative estimate of drug-likeness (QED) is 0.779. The van der Waals surface area contributed by atoms with Gasteiger partial charge in [0.15, 0.2) is 4.96 Å². The number of benzene rings is 1. The minimum Gasteiger partial charge on any atom is -0.496 e. The molecule has 0 aliphatic heterocycles. The summed E-state index contributed by atoms with van der Waals surface area (Å²) in [7, 11) is 1.59. The number of carbonyl (C=O) groups excluding carboxylic acids is 1. The Labute approximate surface area is 148 Å². The van der Waals surface area contributed by atoms with E-state index < -0.39 is 5.91 Å². The van der Waals surface area contributed by atoms with Gasteiger partial charge in [0.05, 0.1) is 7.11 Å². The van der Waals surface area contributed by atoms with Gasteiger partial charge < -0.3 is 10.1 Å². The molecule has 7 heteroatoms. The zero-order valence-electron chi connectivity index (χ0n) is 13.7. The fourth-order valence-corrected chi connectivity index (χ4v) is 4.35. The lowest BCUT2D eigenvalue weighted by Gasteiger charge is -2.09. The molecule has 0 unspecified atom stereocenters. The molecule has 0 saturated heterocycles. The molecule has 1 N–H and O–H groups in total. The molecule has 1 aliphatic carbocycles. The second kappa shape index (κ2) is 6.33. The Balaban J connectivity index is 1.62. The zero-order valence-corrected chi connectivity index (χ0v) is 14.6. The molecule has 2 aromatic heterocycles. The van der Waals surface area contributed by atoms with Gasteiger partial charge in [-0.05, 0) is 25.3 Å². The van der Waals surface area contributed by atoms with Gasteiger partial charge in [0.25, 0.3) is 11.5 Å². The average molecular weight is 355 g/mol. The van der Waals surface area contributed by atoms with Crippen molar-refractivity contribution in [3.05, 3.63) is 62.5 Å². The van der Waals surface area contributed by atoms with E-state index in [1.165, 1.54) is 22.4 Å². The number of thiazole rings is 1. The number of hydrogen-bond donors (Lipinski definition) is 1. The van der Waals surface area contributed by atoms with Crippen molar-refractivity contribution in [2.24, 2.45) is 0 Å². The summed E-state index contributed by atoms with van der Waals surface area (Å²) in [4.78, 5) is 31.5. The van der Waals surface area contributed by atoms with Crippen molar-refractivity contribution in [2.75, 3.05) is 7.11 Å². The third-order valence-electron chi connectivity index (χ3n) is 4.43. The Morgan fingerprint density at radius 1 is 1.36 bits per heavy atom. The highest BCUT2D eigenvalue weighted by Crippen LogP contribution is 2.28.